The van der Waals surface area contributed by atoms with Crippen molar-refractivity contribution in [3.8, 4) is 0 Å². The van der Waals surface area contributed by atoms with Crippen LogP contribution in [0, 0.1) is 5.82 Å². The highest BCUT2D eigenvalue weighted by Gasteiger charge is 2.38. The Hall–Kier alpha value is -4.35. The summed E-state index contributed by atoms with van der Waals surface area (Å²) < 4.78 is 52.7. The van der Waals surface area contributed by atoms with Crippen LogP contribution in [0.4, 0.5) is 28.6 Å². The molecular weight excluding hydrogens is 563 g/mol. The van der Waals surface area contributed by atoms with Gasteiger partial charge in [0.25, 0.3) is 6.43 Å². The maximum absolute atomic E-state index is 15.0. The van der Waals surface area contributed by atoms with Crippen molar-refractivity contribution in [2.75, 3.05) is 18.4 Å². The van der Waals surface area contributed by atoms with Gasteiger partial charge < -0.3 is 19.7 Å². The van der Waals surface area contributed by atoms with Crippen LogP contribution in [0.25, 0.3) is 0 Å². The van der Waals surface area contributed by atoms with Gasteiger partial charge in [-0.1, -0.05) is 48.5 Å². The van der Waals surface area contributed by atoms with E-state index in [2.05, 4.69) is 5.32 Å². The van der Waals surface area contributed by atoms with E-state index in [1.54, 1.807) is 32.6 Å². The number of nitrogens with zero attached hydrogens (tertiary/aromatic N) is 4. The summed E-state index contributed by atoms with van der Waals surface area (Å²) in [4.78, 5) is 37.9. The molecule has 2 amide bonds. The maximum Gasteiger partial charge on any atom is 0.410 e. The van der Waals surface area contributed by atoms with Crippen molar-refractivity contribution in [2.24, 2.45) is 0 Å². The minimum absolute atomic E-state index is 0.0589. The first-order valence-corrected chi connectivity index (χ1v) is 14.1. The number of nitrogens with one attached hydrogen (secondary N) is 1. The normalized spacial score (nSPS) is 15.6. The number of rotatable bonds is 7. The first-order chi connectivity index (χ1) is 20.4. The number of fused-ring (bicyclic) bond motifs is 1. The summed E-state index contributed by atoms with van der Waals surface area (Å²) in [5, 5.41) is 3.17. The van der Waals surface area contributed by atoms with Crippen molar-refractivity contribution in [1.82, 2.24) is 19.8 Å². The van der Waals surface area contributed by atoms with Crippen molar-refractivity contribution < 1.29 is 32.2 Å². The highest BCUT2D eigenvalue weighted by atomic mass is 19.3. The molecule has 9 nitrogen and oxygen atoms in total. The average Bonchev–Trinajstić information content (AvgIpc) is 3.35. The Morgan fingerprint density at radius 2 is 1.67 bits per heavy atom. The van der Waals surface area contributed by atoms with Gasteiger partial charge in [0.1, 0.15) is 29.7 Å². The summed E-state index contributed by atoms with van der Waals surface area (Å²) >= 11 is 0. The molecule has 1 saturated heterocycles. The van der Waals surface area contributed by atoms with Crippen LogP contribution in [0.2, 0.25) is 0 Å². The van der Waals surface area contributed by atoms with E-state index < -0.39 is 41.6 Å². The molecule has 1 aromatic heterocycles. The van der Waals surface area contributed by atoms with E-state index in [1.807, 2.05) is 30.3 Å². The van der Waals surface area contributed by atoms with Gasteiger partial charge in [0.2, 0.25) is 0 Å². The van der Waals surface area contributed by atoms with Crippen LogP contribution in [0.1, 0.15) is 79.9 Å². The van der Waals surface area contributed by atoms with Crippen LogP contribution < -0.4 is 5.32 Å². The third-order valence-electron chi connectivity index (χ3n) is 7.27. The molecule has 0 radical (unpaired) electrons. The standard InChI is InChI=1S/C31H34F3N5O4/c1-18(21-11-8-12-22(25(21)32)26(33)34)35-28-23-15-39(29(40)42-17-19-9-6-5-7-10-19)16-24(23)36-27(37-28)20-13-38(14-20)30(41)43-31(2,3)4/h5-12,18,20,26H,13-17H2,1-4H3,(H,35,36,37)/t18-/m1/s1. The molecule has 2 aliphatic rings. The highest BCUT2D eigenvalue weighted by molar-refractivity contribution is 5.70. The molecule has 0 spiro atoms. The van der Waals surface area contributed by atoms with E-state index in [-0.39, 0.29) is 31.2 Å². The lowest BCUT2D eigenvalue weighted by Crippen LogP contribution is -2.50. The molecule has 1 fully saturated rings. The largest absolute Gasteiger partial charge is 0.445 e. The number of ether oxygens (including phenoxy) is 2. The zero-order valence-corrected chi connectivity index (χ0v) is 24.4. The molecule has 3 aromatic rings. The van der Waals surface area contributed by atoms with E-state index in [4.69, 9.17) is 19.4 Å². The van der Waals surface area contributed by atoms with Gasteiger partial charge in [-0.2, -0.15) is 0 Å². The molecule has 43 heavy (non-hydrogen) atoms. The summed E-state index contributed by atoms with van der Waals surface area (Å²) in [7, 11) is 0. The van der Waals surface area contributed by atoms with E-state index in [0.717, 1.165) is 11.6 Å². The van der Waals surface area contributed by atoms with Crippen LogP contribution in [0.3, 0.4) is 0 Å². The Morgan fingerprint density at radius 1 is 0.977 bits per heavy atom. The molecular formula is C31H34F3N5O4. The SMILES string of the molecule is C[C@@H](Nc1nc(C2CN(C(=O)OC(C)(C)C)C2)nc2c1CN(C(=O)OCc1ccccc1)C2)c1cccc(C(F)F)c1F. The summed E-state index contributed by atoms with van der Waals surface area (Å²) in [5.74, 6) is -0.355. The lowest BCUT2D eigenvalue weighted by molar-refractivity contribution is 0.00750. The molecule has 1 atom stereocenters. The number of halogens is 3. The Kier molecular flexibility index (Phi) is 8.48. The molecule has 5 rings (SSSR count). The fourth-order valence-corrected chi connectivity index (χ4v) is 4.99. The second-order valence-corrected chi connectivity index (χ2v) is 11.8. The van der Waals surface area contributed by atoms with Crippen molar-refractivity contribution in [3.05, 3.63) is 88.1 Å². The quantitative estimate of drug-likeness (QED) is 0.323. The van der Waals surface area contributed by atoms with Gasteiger partial charge in [0.05, 0.1) is 36.3 Å². The predicted octanol–water partition coefficient (Wildman–Crippen LogP) is 6.71. The fraction of sp³-hybridized carbons (Fsp3) is 0.419. The third kappa shape index (κ3) is 6.84. The number of anilines is 1. The number of amides is 2. The van der Waals surface area contributed by atoms with Gasteiger partial charge in [-0.3, -0.25) is 4.90 Å². The average molecular weight is 598 g/mol. The number of hydrogen-bond acceptors (Lipinski definition) is 7. The van der Waals surface area contributed by atoms with Crippen molar-refractivity contribution in [3.63, 3.8) is 0 Å². The van der Waals surface area contributed by atoms with Gasteiger partial charge in [-0.15, -0.1) is 0 Å². The molecule has 12 heteroatoms. The van der Waals surface area contributed by atoms with Gasteiger partial charge in [0, 0.05) is 24.2 Å². The van der Waals surface area contributed by atoms with Gasteiger partial charge in [-0.25, -0.2) is 32.7 Å². The lowest BCUT2D eigenvalue weighted by atomic mass is 9.99. The molecule has 1 N–H and O–H groups in total. The van der Waals surface area contributed by atoms with Gasteiger partial charge in [-0.05, 0) is 33.3 Å². The number of carbonyl (C=O) groups excluding carboxylic acids is 2. The topological polar surface area (TPSA) is 96.9 Å². The first-order valence-electron chi connectivity index (χ1n) is 14.1. The molecule has 2 aromatic carbocycles. The van der Waals surface area contributed by atoms with Crippen LogP contribution in [0.5, 0.6) is 0 Å². The molecule has 228 valence electrons. The van der Waals surface area contributed by atoms with Gasteiger partial charge in [0.15, 0.2) is 0 Å². The van der Waals surface area contributed by atoms with E-state index in [9.17, 15) is 22.8 Å². The van der Waals surface area contributed by atoms with Crippen LogP contribution in [-0.4, -0.2) is 50.6 Å². The molecule has 3 heterocycles. The van der Waals surface area contributed by atoms with E-state index in [0.29, 0.717) is 36.0 Å². The maximum atomic E-state index is 15.0. The molecule has 0 bridgehead atoms. The molecule has 2 aliphatic heterocycles. The summed E-state index contributed by atoms with van der Waals surface area (Å²) in [5.41, 5.74) is 0.815. The zero-order valence-electron chi connectivity index (χ0n) is 24.4. The van der Waals surface area contributed by atoms with E-state index >= 15 is 0 Å². The number of likely N-dealkylation sites (tertiary alicyclic amines) is 1. The summed E-state index contributed by atoms with van der Waals surface area (Å²) in [6.45, 7) is 8.13. The smallest absolute Gasteiger partial charge is 0.410 e. The van der Waals surface area contributed by atoms with Crippen molar-refractivity contribution >= 4 is 18.0 Å². The summed E-state index contributed by atoms with van der Waals surface area (Å²) in [6.07, 6.45) is -3.92. The number of hydrogen-bond donors (Lipinski definition) is 1. The minimum Gasteiger partial charge on any atom is -0.445 e. The first kappa shape index (κ1) is 30.1. The lowest BCUT2D eigenvalue weighted by Gasteiger charge is -2.39. The number of benzene rings is 2. The second-order valence-electron chi connectivity index (χ2n) is 11.8. The zero-order chi connectivity index (χ0) is 30.9. The Bertz CT molecular complexity index is 1490. The number of aromatic nitrogens is 2. The van der Waals surface area contributed by atoms with Crippen LogP contribution in [0.15, 0.2) is 48.5 Å². The highest BCUT2D eigenvalue weighted by Crippen LogP contribution is 2.35. The minimum atomic E-state index is -2.95. The molecule has 0 aliphatic carbocycles. The van der Waals surface area contributed by atoms with Crippen LogP contribution >= 0.6 is 0 Å². The molecule has 0 saturated carbocycles. The number of carbonyl (C=O) groups is 2. The van der Waals surface area contributed by atoms with Gasteiger partial charge >= 0.3 is 12.2 Å². The third-order valence-corrected chi connectivity index (χ3v) is 7.27. The Balaban J connectivity index is 1.37. The monoisotopic (exact) mass is 597 g/mol. The summed E-state index contributed by atoms with van der Waals surface area (Å²) in [6, 6.07) is 12.5. The van der Waals surface area contributed by atoms with Crippen molar-refractivity contribution in [1.29, 1.82) is 0 Å². The van der Waals surface area contributed by atoms with Crippen LogP contribution in [-0.2, 0) is 29.2 Å². The molecule has 0 unspecified atom stereocenters. The Morgan fingerprint density at radius 3 is 2.35 bits per heavy atom. The number of alkyl halides is 2. The fourth-order valence-electron chi connectivity index (χ4n) is 4.99. The predicted molar refractivity (Wildman–Crippen MR) is 152 cm³/mol. The van der Waals surface area contributed by atoms with Crippen molar-refractivity contribution in [2.45, 2.75) is 71.4 Å². The Labute approximate surface area is 248 Å². The second kappa shape index (κ2) is 12.1. The van der Waals surface area contributed by atoms with E-state index in [1.165, 1.54) is 17.0 Å².